The average molecular weight is 235 g/mol. The molecule has 5 heteroatoms. The minimum atomic E-state index is -0.705. The summed E-state index contributed by atoms with van der Waals surface area (Å²) in [7, 11) is 0. The summed E-state index contributed by atoms with van der Waals surface area (Å²) < 4.78 is 10.7. The molecule has 16 heavy (non-hydrogen) atoms. The van der Waals surface area contributed by atoms with Crippen molar-refractivity contribution >= 4 is 0 Å². The van der Waals surface area contributed by atoms with E-state index in [2.05, 4.69) is 0 Å². The molecule has 3 atom stereocenters. The zero-order valence-electron chi connectivity index (χ0n) is 10.3. The Hall–Kier alpha value is -0.200. The van der Waals surface area contributed by atoms with Gasteiger partial charge in [-0.25, -0.2) is 0 Å². The Bertz CT molecular complexity index is 155. The molecule has 5 nitrogen and oxygen atoms in total. The van der Waals surface area contributed by atoms with Crippen LogP contribution in [0, 0.1) is 0 Å². The number of ether oxygens (including phenoxy) is 2. The molecular weight excluding hydrogens is 210 g/mol. The number of hydrogen-bond acceptors (Lipinski definition) is 5. The minimum Gasteiger partial charge on any atom is -0.394 e. The van der Waals surface area contributed by atoms with Gasteiger partial charge in [-0.15, -0.1) is 0 Å². The van der Waals surface area contributed by atoms with Crippen LogP contribution in [0.5, 0.6) is 0 Å². The van der Waals surface area contributed by atoms with Gasteiger partial charge in [-0.2, -0.15) is 0 Å². The first-order chi connectivity index (χ1) is 7.61. The van der Waals surface area contributed by atoms with Crippen LogP contribution < -0.4 is 5.73 Å². The molecule has 0 bridgehead atoms. The van der Waals surface area contributed by atoms with E-state index in [4.69, 9.17) is 20.3 Å². The van der Waals surface area contributed by atoms with E-state index in [-0.39, 0.29) is 12.7 Å². The van der Waals surface area contributed by atoms with Crippen molar-refractivity contribution in [3.05, 3.63) is 0 Å². The van der Waals surface area contributed by atoms with Gasteiger partial charge in [0.15, 0.2) is 6.29 Å². The molecule has 0 aliphatic heterocycles. The molecule has 98 valence electrons. The van der Waals surface area contributed by atoms with Crippen LogP contribution in [0.4, 0.5) is 0 Å². The first kappa shape index (κ1) is 15.8. The Balaban J connectivity index is 3.68. The Morgan fingerprint density at radius 1 is 1.19 bits per heavy atom. The zero-order chi connectivity index (χ0) is 12.4. The lowest BCUT2D eigenvalue weighted by molar-refractivity contribution is -0.214. The number of aliphatic hydroxyl groups is 2. The number of hydrogen-bond donors (Lipinski definition) is 3. The molecule has 0 aromatic rings. The highest BCUT2D eigenvalue weighted by Crippen LogP contribution is 2.07. The SMILES string of the molecule is CC(CO)O[C@@H](OCCCCCN)[C@H](C)O. The summed E-state index contributed by atoms with van der Waals surface area (Å²) in [5.41, 5.74) is 5.37. The normalized spacial score (nSPS) is 17.1. The lowest BCUT2D eigenvalue weighted by atomic mass is 10.2. The van der Waals surface area contributed by atoms with Crippen LogP contribution in [0.1, 0.15) is 33.1 Å². The Morgan fingerprint density at radius 3 is 2.38 bits per heavy atom. The van der Waals surface area contributed by atoms with E-state index in [1.54, 1.807) is 13.8 Å². The molecule has 0 radical (unpaired) electrons. The van der Waals surface area contributed by atoms with E-state index in [0.717, 1.165) is 19.3 Å². The van der Waals surface area contributed by atoms with Crippen molar-refractivity contribution in [2.45, 2.75) is 51.6 Å². The first-order valence-electron chi connectivity index (χ1n) is 5.87. The zero-order valence-corrected chi connectivity index (χ0v) is 10.3. The molecule has 0 aromatic carbocycles. The van der Waals surface area contributed by atoms with Crippen LogP contribution in [0.15, 0.2) is 0 Å². The monoisotopic (exact) mass is 235 g/mol. The summed E-state index contributed by atoms with van der Waals surface area (Å²) in [6.07, 6.45) is 1.19. The van der Waals surface area contributed by atoms with Gasteiger partial charge >= 0.3 is 0 Å². The van der Waals surface area contributed by atoms with Gasteiger partial charge in [0.25, 0.3) is 0 Å². The fourth-order valence-corrected chi connectivity index (χ4v) is 1.19. The van der Waals surface area contributed by atoms with Crippen molar-refractivity contribution < 1.29 is 19.7 Å². The van der Waals surface area contributed by atoms with Crippen molar-refractivity contribution in [2.75, 3.05) is 19.8 Å². The number of rotatable bonds is 10. The van der Waals surface area contributed by atoms with Crippen LogP contribution in [-0.4, -0.2) is 48.5 Å². The third-order valence-electron chi connectivity index (χ3n) is 2.15. The first-order valence-corrected chi connectivity index (χ1v) is 5.87. The largest absolute Gasteiger partial charge is 0.394 e. The summed E-state index contributed by atoms with van der Waals surface area (Å²) in [4.78, 5) is 0. The molecule has 0 aliphatic carbocycles. The third-order valence-corrected chi connectivity index (χ3v) is 2.15. The highest BCUT2D eigenvalue weighted by atomic mass is 16.7. The maximum absolute atomic E-state index is 9.41. The lowest BCUT2D eigenvalue weighted by Crippen LogP contribution is -2.34. The molecule has 0 saturated carbocycles. The van der Waals surface area contributed by atoms with Crippen molar-refractivity contribution in [3.63, 3.8) is 0 Å². The van der Waals surface area contributed by atoms with Gasteiger partial charge in [0, 0.05) is 6.61 Å². The van der Waals surface area contributed by atoms with Crippen LogP contribution in [-0.2, 0) is 9.47 Å². The van der Waals surface area contributed by atoms with Crippen molar-refractivity contribution in [1.82, 2.24) is 0 Å². The minimum absolute atomic E-state index is 0.0836. The van der Waals surface area contributed by atoms with E-state index >= 15 is 0 Å². The summed E-state index contributed by atoms with van der Waals surface area (Å²) >= 11 is 0. The predicted octanol–water partition coefficient (Wildman–Crippen LogP) is 0.236. The van der Waals surface area contributed by atoms with E-state index in [1.165, 1.54) is 0 Å². The van der Waals surface area contributed by atoms with Gasteiger partial charge in [-0.3, -0.25) is 0 Å². The lowest BCUT2D eigenvalue weighted by Gasteiger charge is -2.24. The standard InChI is InChI=1S/C11H25NO4/c1-9(8-13)16-11(10(2)14)15-7-5-3-4-6-12/h9-11,13-14H,3-8,12H2,1-2H3/t9?,10-,11+/m0/s1. The fraction of sp³-hybridized carbons (Fsp3) is 1.00. The second kappa shape index (κ2) is 9.99. The average Bonchev–Trinajstić information content (AvgIpc) is 2.26. The highest BCUT2D eigenvalue weighted by Gasteiger charge is 2.18. The second-order valence-corrected chi connectivity index (χ2v) is 3.96. The van der Waals surface area contributed by atoms with Crippen molar-refractivity contribution in [1.29, 1.82) is 0 Å². The fourth-order valence-electron chi connectivity index (χ4n) is 1.19. The maximum atomic E-state index is 9.41. The molecule has 0 fully saturated rings. The quantitative estimate of drug-likeness (QED) is 0.373. The Morgan fingerprint density at radius 2 is 1.88 bits per heavy atom. The Kier molecular flexibility index (Phi) is 9.86. The summed E-state index contributed by atoms with van der Waals surface area (Å²) in [6.45, 7) is 4.48. The summed E-state index contributed by atoms with van der Waals surface area (Å²) in [5, 5.41) is 18.2. The summed E-state index contributed by atoms with van der Waals surface area (Å²) in [5.74, 6) is 0. The predicted molar refractivity (Wildman–Crippen MR) is 62.0 cm³/mol. The molecule has 1 unspecified atom stereocenters. The van der Waals surface area contributed by atoms with Crippen LogP contribution in [0.2, 0.25) is 0 Å². The molecule has 0 aromatic heterocycles. The van der Waals surface area contributed by atoms with Gasteiger partial charge in [-0.05, 0) is 39.7 Å². The topological polar surface area (TPSA) is 84.9 Å². The molecule has 0 saturated heterocycles. The van der Waals surface area contributed by atoms with Gasteiger partial charge in [0.05, 0.1) is 12.7 Å². The van der Waals surface area contributed by atoms with Crippen LogP contribution in [0.25, 0.3) is 0 Å². The van der Waals surface area contributed by atoms with Gasteiger partial charge in [0.2, 0.25) is 0 Å². The molecule has 0 amide bonds. The van der Waals surface area contributed by atoms with E-state index in [1.807, 2.05) is 0 Å². The van der Waals surface area contributed by atoms with Gasteiger partial charge < -0.3 is 25.4 Å². The van der Waals surface area contributed by atoms with E-state index in [0.29, 0.717) is 13.2 Å². The maximum Gasteiger partial charge on any atom is 0.183 e. The van der Waals surface area contributed by atoms with Crippen LogP contribution >= 0.6 is 0 Å². The Labute approximate surface area is 97.5 Å². The second-order valence-electron chi connectivity index (χ2n) is 3.96. The molecular formula is C11H25NO4. The number of aliphatic hydroxyl groups excluding tert-OH is 2. The van der Waals surface area contributed by atoms with Gasteiger partial charge in [-0.1, -0.05) is 0 Å². The number of unbranched alkanes of at least 4 members (excludes halogenated alkanes) is 2. The smallest absolute Gasteiger partial charge is 0.183 e. The molecule has 4 N–H and O–H groups in total. The van der Waals surface area contributed by atoms with Crippen LogP contribution in [0.3, 0.4) is 0 Å². The van der Waals surface area contributed by atoms with E-state index in [9.17, 15) is 5.11 Å². The summed E-state index contributed by atoms with van der Waals surface area (Å²) in [6, 6.07) is 0. The van der Waals surface area contributed by atoms with E-state index < -0.39 is 12.4 Å². The van der Waals surface area contributed by atoms with Crippen molar-refractivity contribution in [3.8, 4) is 0 Å². The third kappa shape index (κ3) is 8.01. The molecule has 0 rings (SSSR count). The molecule has 0 heterocycles. The highest BCUT2D eigenvalue weighted by molar-refractivity contribution is 4.57. The van der Waals surface area contributed by atoms with Gasteiger partial charge in [0.1, 0.15) is 6.10 Å². The molecule has 0 aliphatic rings. The van der Waals surface area contributed by atoms with Crippen molar-refractivity contribution in [2.24, 2.45) is 5.73 Å². The number of nitrogens with two attached hydrogens (primary N) is 1. The molecule has 0 spiro atoms.